The molecule has 3 atom stereocenters. The van der Waals surface area contributed by atoms with E-state index in [1.165, 1.54) is 6.42 Å². The number of carbonyl (C=O) groups excluding carboxylic acids is 2. The first kappa shape index (κ1) is 16.8. The van der Waals surface area contributed by atoms with Crippen LogP contribution in [-0.4, -0.2) is 36.4 Å². The van der Waals surface area contributed by atoms with Gasteiger partial charge in [0.25, 0.3) is 0 Å². The molecule has 1 aromatic carbocycles. The third-order valence-corrected chi connectivity index (χ3v) is 5.18. The number of rotatable bonds is 5. The van der Waals surface area contributed by atoms with Crippen molar-refractivity contribution >= 4 is 17.5 Å². The molecule has 1 heterocycles. The number of likely N-dealkylation sites (tertiary alicyclic amines) is 1. The van der Waals surface area contributed by atoms with Gasteiger partial charge in [0.15, 0.2) is 0 Å². The van der Waals surface area contributed by atoms with Crippen LogP contribution in [0, 0.1) is 11.8 Å². The molecule has 5 heteroatoms. The summed E-state index contributed by atoms with van der Waals surface area (Å²) < 4.78 is 5.11. The SMILES string of the molecule is CCC1CCCCN1C(=O)C1CC1C(=O)Nc1ccc(OC)cc1. The van der Waals surface area contributed by atoms with E-state index in [2.05, 4.69) is 12.2 Å². The number of nitrogens with zero attached hydrogens (tertiary/aromatic N) is 1. The van der Waals surface area contributed by atoms with Gasteiger partial charge in [-0.25, -0.2) is 0 Å². The summed E-state index contributed by atoms with van der Waals surface area (Å²) in [6.45, 7) is 2.98. The summed E-state index contributed by atoms with van der Waals surface area (Å²) in [5, 5.41) is 2.90. The number of hydrogen-bond donors (Lipinski definition) is 1. The molecule has 1 aromatic rings. The van der Waals surface area contributed by atoms with Gasteiger partial charge in [-0.3, -0.25) is 9.59 Å². The Balaban J connectivity index is 1.55. The van der Waals surface area contributed by atoms with E-state index in [1.54, 1.807) is 7.11 Å². The molecule has 1 saturated heterocycles. The standard InChI is InChI=1S/C19H26N2O3/c1-3-14-6-4-5-11-21(14)19(23)17-12-16(17)18(22)20-13-7-9-15(24-2)10-8-13/h7-10,14,16-17H,3-6,11-12H2,1-2H3,(H,20,22). The maximum atomic E-state index is 12.7. The molecule has 2 amide bonds. The van der Waals surface area contributed by atoms with Crippen LogP contribution >= 0.6 is 0 Å². The van der Waals surface area contributed by atoms with Gasteiger partial charge in [0, 0.05) is 18.3 Å². The Hall–Kier alpha value is -2.04. The molecule has 0 aromatic heterocycles. The topological polar surface area (TPSA) is 58.6 Å². The Morgan fingerprint density at radius 1 is 1.21 bits per heavy atom. The minimum atomic E-state index is -0.181. The first-order valence-corrected chi connectivity index (χ1v) is 8.89. The van der Waals surface area contributed by atoms with Crippen LogP contribution < -0.4 is 10.1 Å². The van der Waals surface area contributed by atoms with Crippen LogP contribution in [0.4, 0.5) is 5.69 Å². The van der Waals surface area contributed by atoms with Crippen molar-refractivity contribution in [1.82, 2.24) is 4.90 Å². The van der Waals surface area contributed by atoms with Crippen LogP contribution in [-0.2, 0) is 9.59 Å². The Morgan fingerprint density at radius 2 is 1.96 bits per heavy atom. The molecule has 1 saturated carbocycles. The van der Waals surface area contributed by atoms with E-state index in [-0.39, 0.29) is 23.7 Å². The molecule has 130 valence electrons. The van der Waals surface area contributed by atoms with Gasteiger partial charge in [-0.05, 0) is 56.4 Å². The molecule has 0 spiro atoms. The van der Waals surface area contributed by atoms with Crippen molar-refractivity contribution in [2.24, 2.45) is 11.8 Å². The van der Waals surface area contributed by atoms with Gasteiger partial charge in [-0.15, -0.1) is 0 Å². The van der Waals surface area contributed by atoms with Gasteiger partial charge in [-0.2, -0.15) is 0 Å². The smallest absolute Gasteiger partial charge is 0.228 e. The zero-order chi connectivity index (χ0) is 17.1. The Kier molecular flexibility index (Phi) is 5.07. The van der Waals surface area contributed by atoms with Crippen molar-refractivity contribution in [1.29, 1.82) is 0 Å². The fraction of sp³-hybridized carbons (Fsp3) is 0.579. The average molecular weight is 330 g/mol. The number of hydrogen-bond acceptors (Lipinski definition) is 3. The Morgan fingerprint density at radius 3 is 2.62 bits per heavy atom. The third-order valence-electron chi connectivity index (χ3n) is 5.18. The highest BCUT2D eigenvalue weighted by atomic mass is 16.5. The van der Waals surface area contributed by atoms with E-state index >= 15 is 0 Å². The molecule has 1 aliphatic carbocycles. The molecular formula is C19H26N2O3. The minimum Gasteiger partial charge on any atom is -0.497 e. The predicted octanol–water partition coefficient (Wildman–Crippen LogP) is 3.06. The number of nitrogens with one attached hydrogen (secondary N) is 1. The van der Waals surface area contributed by atoms with Crippen LogP contribution in [0.25, 0.3) is 0 Å². The summed E-state index contributed by atoms with van der Waals surface area (Å²) >= 11 is 0. The minimum absolute atomic E-state index is 0.0522. The lowest BCUT2D eigenvalue weighted by Crippen LogP contribution is -2.44. The van der Waals surface area contributed by atoms with E-state index < -0.39 is 0 Å². The molecule has 5 nitrogen and oxygen atoms in total. The van der Waals surface area contributed by atoms with Gasteiger partial charge in [-0.1, -0.05) is 6.92 Å². The number of amides is 2. The maximum Gasteiger partial charge on any atom is 0.228 e. The van der Waals surface area contributed by atoms with Gasteiger partial charge >= 0.3 is 0 Å². The van der Waals surface area contributed by atoms with Crippen LogP contribution in [0.15, 0.2) is 24.3 Å². The van der Waals surface area contributed by atoms with Gasteiger partial charge < -0.3 is 15.0 Å². The van der Waals surface area contributed by atoms with Crippen LogP contribution in [0.1, 0.15) is 39.0 Å². The monoisotopic (exact) mass is 330 g/mol. The lowest BCUT2D eigenvalue weighted by atomic mass is 9.99. The zero-order valence-electron chi connectivity index (χ0n) is 14.5. The molecule has 0 radical (unpaired) electrons. The van der Waals surface area contributed by atoms with Gasteiger partial charge in [0.05, 0.1) is 18.9 Å². The second-order valence-electron chi connectivity index (χ2n) is 6.76. The lowest BCUT2D eigenvalue weighted by molar-refractivity contribution is -0.137. The fourth-order valence-electron chi connectivity index (χ4n) is 3.60. The molecule has 24 heavy (non-hydrogen) atoms. The molecule has 1 N–H and O–H groups in total. The summed E-state index contributed by atoms with van der Waals surface area (Å²) in [6, 6.07) is 7.61. The maximum absolute atomic E-state index is 12.7. The van der Waals surface area contributed by atoms with Crippen molar-refractivity contribution in [3.63, 3.8) is 0 Å². The summed E-state index contributed by atoms with van der Waals surface area (Å²) in [7, 11) is 1.61. The Labute approximate surface area is 143 Å². The highest BCUT2D eigenvalue weighted by Gasteiger charge is 2.50. The molecular weight excluding hydrogens is 304 g/mol. The molecule has 0 bridgehead atoms. The van der Waals surface area contributed by atoms with Crippen molar-refractivity contribution in [2.75, 3.05) is 19.0 Å². The third kappa shape index (κ3) is 3.55. The van der Waals surface area contributed by atoms with Crippen molar-refractivity contribution in [3.05, 3.63) is 24.3 Å². The Bertz CT molecular complexity index is 599. The van der Waals surface area contributed by atoms with E-state index in [0.717, 1.165) is 37.2 Å². The van der Waals surface area contributed by atoms with Gasteiger partial charge in [0.2, 0.25) is 11.8 Å². The van der Waals surface area contributed by atoms with E-state index in [4.69, 9.17) is 4.74 Å². The number of benzene rings is 1. The first-order chi connectivity index (χ1) is 11.6. The molecule has 2 fully saturated rings. The zero-order valence-corrected chi connectivity index (χ0v) is 14.5. The highest BCUT2D eigenvalue weighted by molar-refractivity contribution is 5.99. The predicted molar refractivity (Wildman–Crippen MR) is 92.9 cm³/mol. The fourth-order valence-corrected chi connectivity index (χ4v) is 3.60. The molecule has 1 aliphatic heterocycles. The van der Waals surface area contributed by atoms with Crippen LogP contribution in [0.2, 0.25) is 0 Å². The van der Waals surface area contributed by atoms with Crippen molar-refractivity contribution in [2.45, 2.75) is 45.1 Å². The first-order valence-electron chi connectivity index (χ1n) is 8.89. The number of anilines is 1. The summed E-state index contributed by atoms with van der Waals surface area (Å²) in [4.78, 5) is 27.1. The number of methoxy groups -OCH3 is 1. The van der Waals surface area contributed by atoms with Gasteiger partial charge in [0.1, 0.15) is 5.75 Å². The van der Waals surface area contributed by atoms with Crippen LogP contribution in [0.5, 0.6) is 5.75 Å². The second kappa shape index (κ2) is 7.24. The molecule has 3 rings (SSSR count). The highest BCUT2D eigenvalue weighted by Crippen LogP contribution is 2.42. The second-order valence-corrected chi connectivity index (χ2v) is 6.76. The normalized spacial score (nSPS) is 25.9. The summed E-state index contributed by atoms with van der Waals surface area (Å²) in [5.74, 6) is 0.567. The summed E-state index contributed by atoms with van der Waals surface area (Å²) in [6.07, 6.45) is 5.05. The van der Waals surface area contributed by atoms with E-state index in [9.17, 15) is 9.59 Å². The quantitative estimate of drug-likeness (QED) is 0.903. The van der Waals surface area contributed by atoms with Crippen molar-refractivity contribution in [3.8, 4) is 5.75 Å². The largest absolute Gasteiger partial charge is 0.497 e. The molecule has 3 unspecified atom stereocenters. The van der Waals surface area contributed by atoms with Crippen molar-refractivity contribution < 1.29 is 14.3 Å². The number of carbonyl (C=O) groups is 2. The summed E-state index contributed by atoms with van der Waals surface area (Å²) in [5.41, 5.74) is 0.739. The average Bonchev–Trinajstić information content (AvgIpc) is 3.42. The van der Waals surface area contributed by atoms with E-state index in [0.29, 0.717) is 12.5 Å². The van der Waals surface area contributed by atoms with E-state index in [1.807, 2.05) is 29.2 Å². The van der Waals surface area contributed by atoms with Crippen LogP contribution in [0.3, 0.4) is 0 Å². The number of piperidine rings is 1. The molecule has 2 aliphatic rings. The number of ether oxygens (including phenoxy) is 1. The lowest BCUT2D eigenvalue weighted by Gasteiger charge is -2.35.